The smallest absolute Gasteiger partial charge is 0.331 e. The lowest BCUT2D eigenvalue weighted by Gasteiger charge is -2.25. The zero-order valence-corrected chi connectivity index (χ0v) is 14.2. The Balaban J connectivity index is 1.75. The Morgan fingerprint density at radius 2 is 1.87 bits per heavy atom. The molecule has 0 aromatic heterocycles. The third kappa shape index (κ3) is 6.53. The molecule has 3 nitrogen and oxygen atoms in total. The standard InChI is InChI=1S/C19H26FNO2/c1-19(2,3)23-18(22)12-14-6-10-17(11-7-14)21-13-15-4-8-16(20)9-5-15/h4-5,8-9,12,17,21H,6-7,10-11,13H2,1-3H3. The number of carbonyl (C=O) groups excluding carboxylic acids is 1. The van der Waals surface area contributed by atoms with Crippen molar-refractivity contribution in [3.63, 3.8) is 0 Å². The number of carbonyl (C=O) groups is 1. The first-order valence-electron chi connectivity index (χ1n) is 8.22. The number of halogens is 1. The van der Waals surface area contributed by atoms with E-state index in [9.17, 15) is 9.18 Å². The summed E-state index contributed by atoms with van der Waals surface area (Å²) in [6, 6.07) is 7.02. The van der Waals surface area contributed by atoms with E-state index >= 15 is 0 Å². The number of benzene rings is 1. The maximum absolute atomic E-state index is 12.9. The van der Waals surface area contributed by atoms with Crippen LogP contribution in [0.2, 0.25) is 0 Å². The first-order valence-corrected chi connectivity index (χ1v) is 8.22. The van der Waals surface area contributed by atoms with E-state index in [2.05, 4.69) is 5.32 Å². The molecule has 0 unspecified atom stereocenters. The second-order valence-corrected chi connectivity index (χ2v) is 7.12. The van der Waals surface area contributed by atoms with Crippen LogP contribution in [0.1, 0.15) is 52.0 Å². The monoisotopic (exact) mass is 319 g/mol. The van der Waals surface area contributed by atoms with Gasteiger partial charge in [0.05, 0.1) is 0 Å². The van der Waals surface area contributed by atoms with Crippen molar-refractivity contribution in [1.29, 1.82) is 0 Å². The fourth-order valence-corrected chi connectivity index (χ4v) is 2.70. The van der Waals surface area contributed by atoms with Gasteiger partial charge in [0.2, 0.25) is 0 Å². The molecule has 126 valence electrons. The molecule has 23 heavy (non-hydrogen) atoms. The number of esters is 1. The molecule has 0 amide bonds. The minimum atomic E-state index is -0.442. The summed E-state index contributed by atoms with van der Waals surface area (Å²) in [5, 5.41) is 3.50. The van der Waals surface area contributed by atoms with Gasteiger partial charge in [0, 0.05) is 18.7 Å². The van der Waals surface area contributed by atoms with Gasteiger partial charge in [-0.3, -0.25) is 0 Å². The van der Waals surface area contributed by atoms with E-state index < -0.39 is 5.60 Å². The van der Waals surface area contributed by atoms with Gasteiger partial charge < -0.3 is 10.1 Å². The molecule has 0 aliphatic heterocycles. The molecule has 1 fully saturated rings. The second kappa shape index (κ2) is 7.73. The lowest BCUT2D eigenvalue weighted by molar-refractivity contribution is -0.148. The van der Waals surface area contributed by atoms with E-state index in [-0.39, 0.29) is 11.8 Å². The van der Waals surface area contributed by atoms with Gasteiger partial charge >= 0.3 is 5.97 Å². The first kappa shape index (κ1) is 17.7. The summed E-state index contributed by atoms with van der Waals surface area (Å²) < 4.78 is 18.2. The molecule has 1 saturated carbocycles. The molecule has 1 aromatic carbocycles. The highest BCUT2D eigenvalue weighted by Gasteiger charge is 2.19. The fourth-order valence-electron chi connectivity index (χ4n) is 2.70. The van der Waals surface area contributed by atoms with Crippen LogP contribution in [0.25, 0.3) is 0 Å². The number of nitrogens with one attached hydrogen (secondary N) is 1. The molecular weight excluding hydrogens is 293 g/mol. The maximum Gasteiger partial charge on any atom is 0.331 e. The third-order valence-corrected chi connectivity index (χ3v) is 3.86. The van der Waals surface area contributed by atoms with E-state index in [1.807, 2.05) is 20.8 Å². The molecule has 2 rings (SSSR count). The highest BCUT2D eigenvalue weighted by Crippen LogP contribution is 2.24. The highest BCUT2D eigenvalue weighted by atomic mass is 19.1. The van der Waals surface area contributed by atoms with Crippen molar-refractivity contribution >= 4 is 5.97 Å². The minimum Gasteiger partial charge on any atom is -0.457 e. The highest BCUT2D eigenvalue weighted by molar-refractivity contribution is 5.83. The van der Waals surface area contributed by atoms with Crippen LogP contribution in [-0.4, -0.2) is 17.6 Å². The molecule has 4 heteroatoms. The average Bonchev–Trinajstić information content (AvgIpc) is 2.46. The summed E-state index contributed by atoms with van der Waals surface area (Å²) >= 11 is 0. The van der Waals surface area contributed by atoms with E-state index in [0.717, 1.165) is 37.8 Å². The molecule has 1 N–H and O–H groups in total. The second-order valence-electron chi connectivity index (χ2n) is 7.12. The number of hydrogen-bond donors (Lipinski definition) is 1. The third-order valence-electron chi connectivity index (χ3n) is 3.86. The van der Waals surface area contributed by atoms with Gasteiger partial charge in [-0.2, -0.15) is 0 Å². The molecule has 0 atom stereocenters. The summed E-state index contributed by atoms with van der Waals surface area (Å²) in [5.41, 5.74) is 1.81. The van der Waals surface area contributed by atoms with Crippen LogP contribution in [0, 0.1) is 5.82 Å². The van der Waals surface area contributed by atoms with Crippen LogP contribution in [0.3, 0.4) is 0 Å². The number of hydrogen-bond acceptors (Lipinski definition) is 3. The molecule has 0 radical (unpaired) electrons. The molecular formula is C19H26FNO2. The maximum atomic E-state index is 12.9. The van der Waals surface area contributed by atoms with Gasteiger partial charge in [-0.25, -0.2) is 9.18 Å². The molecule has 0 saturated heterocycles. The van der Waals surface area contributed by atoms with Gasteiger partial charge in [-0.15, -0.1) is 0 Å². The largest absolute Gasteiger partial charge is 0.457 e. The van der Waals surface area contributed by atoms with Crippen LogP contribution >= 0.6 is 0 Å². The van der Waals surface area contributed by atoms with Crippen molar-refractivity contribution in [3.8, 4) is 0 Å². The lowest BCUT2D eigenvalue weighted by Crippen LogP contribution is -2.31. The first-order chi connectivity index (χ1) is 10.8. The van der Waals surface area contributed by atoms with E-state index in [4.69, 9.17) is 4.74 Å². The van der Waals surface area contributed by atoms with Crippen molar-refractivity contribution in [2.24, 2.45) is 0 Å². The zero-order valence-electron chi connectivity index (χ0n) is 14.2. The molecule has 1 aromatic rings. The molecule has 1 aliphatic carbocycles. The topological polar surface area (TPSA) is 38.3 Å². The fraction of sp³-hybridized carbons (Fsp3) is 0.526. The molecule has 0 heterocycles. The summed E-state index contributed by atoms with van der Waals surface area (Å²) in [5.74, 6) is -0.450. The van der Waals surface area contributed by atoms with Crippen molar-refractivity contribution in [2.75, 3.05) is 0 Å². The van der Waals surface area contributed by atoms with Crippen molar-refractivity contribution in [2.45, 2.75) is 64.6 Å². The van der Waals surface area contributed by atoms with E-state index in [1.165, 1.54) is 17.7 Å². The average molecular weight is 319 g/mol. The summed E-state index contributed by atoms with van der Waals surface area (Å²) in [4.78, 5) is 11.8. The van der Waals surface area contributed by atoms with E-state index in [1.54, 1.807) is 18.2 Å². The molecule has 1 aliphatic rings. The normalized spacial score (nSPS) is 18.6. The predicted octanol–water partition coefficient (Wildman–Crippen LogP) is 4.13. The number of ether oxygens (including phenoxy) is 1. The van der Waals surface area contributed by atoms with Gasteiger partial charge in [0.1, 0.15) is 11.4 Å². The molecule has 0 spiro atoms. The van der Waals surface area contributed by atoms with Gasteiger partial charge in [0.15, 0.2) is 0 Å². The van der Waals surface area contributed by atoms with Crippen LogP contribution in [0.4, 0.5) is 4.39 Å². The summed E-state index contributed by atoms with van der Waals surface area (Å²) in [6.45, 7) is 6.37. The molecule has 0 bridgehead atoms. The van der Waals surface area contributed by atoms with Crippen LogP contribution < -0.4 is 5.32 Å². The number of rotatable bonds is 4. The number of allylic oxidation sites excluding steroid dienone is 1. The Kier molecular flexibility index (Phi) is 5.94. The Hall–Kier alpha value is -1.68. The Labute approximate surface area is 137 Å². The minimum absolute atomic E-state index is 0.205. The Morgan fingerprint density at radius 1 is 1.26 bits per heavy atom. The van der Waals surface area contributed by atoms with Crippen LogP contribution in [0.5, 0.6) is 0 Å². The zero-order chi connectivity index (χ0) is 16.9. The van der Waals surface area contributed by atoms with E-state index in [0.29, 0.717) is 6.04 Å². The Morgan fingerprint density at radius 3 is 2.43 bits per heavy atom. The quantitative estimate of drug-likeness (QED) is 0.670. The van der Waals surface area contributed by atoms with Gasteiger partial charge in [0.25, 0.3) is 0 Å². The van der Waals surface area contributed by atoms with Crippen molar-refractivity contribution in [3.05, 3.63) is 47.3 Å². The van der Waals surface area contributed by atoms with Crippen LogP contribution in [0.15, 0.2) is 35.9 Å². The SMILES string of the molecule is CC(C)(C)OC(=O)C=C1CCC(NCc2ccc(F)cc2)CC1. The van der Waals surface area contributed by atoms with Crippen molar-refractivity contribution in [1.82, 2.24) is 5.32 Å². The predicted molar refractivity (Wildman–Crippen MR) is 89.4 cm³/mol. The summed E-state index contributed by atoms with van der Waals surface area (Å²) in [6.07, 6.45) is 5.51. The lowest BCUT2D eigenvalue weighted by atomic mass is 9.90. The van der Waals surface area contributed by atoms with Gasteiger partial charge in [-0.1, -0.05) is 17.7 Å². The van der Waals surface area contributed by atoms with Gasteiger partial charge in [-0.05, 0) is 64.2 Å². The Bertz CT molecular complexity index is 548. The summed E-state index contributed by atoms with van der Waals surface area (Å²) in [7, 11) is 0. The van der Waals surface area contributed by atoms with Crippen molar-refractivity contribution < 1.29 is 13.9 Å². The van der Waals surface area contributed by atoms with Crippen LogP contribution in [-0.2, 0) is 16.1 Å².